The molecular weight excluding hydrogens is 729 g/mol. The molecule has 0 N–H and O–H groups in total. The molecular formula is C56H34N4. The van der Waals surface area contributed by atoms with Gasteiger partial charge in [-0.25, -0.2) is 0 Å². The van der Waals surface area contributed by atoms with E-state index in [1.54, 1.807) is 0 Å². The SMILES string of the molecule is Cc1c2c3cccc4c5ccc6c7ccccc7n(-c7ccccc7)c6c5n(c2c(C)c2c5cccc6c7ccc8c9ccccc9n(-c9ccccc9)c8c7n(c12)c65)c43. The van der Waals surface area contributed by atoms with Crippen LogP contribution in [-0.4, -0.2) is 17.9 Å². The molecule has 0 bridgehead atoms. The Morgan fingerprint density at radius 2 is 0.583 bits per heavy atom. The molecule has 0 radical (unpaired) electrons. The Morgan fingerprint density at radius 3 is 1.02 bits per heavy atom. The molecule has 0 atom stereocenters. The molecule has 9 aromatic carbocycles. The van der Waals surface area contributed by atoms with Crippen molar-refractivity contribution in [3.8, 4) is 11.4 Å². The Balaban J connectivity index is 1.20. The van der Waals surface area contributed by atoms with E-state index in [1.807, 2.05) is 0 Å². The predicted octanol–water partition coefficient (Wildman–Crippen LogP) is 14.8. The maximum absolute atomic E-state index is 2.65. The van der Waals surface area contributed by atoms with Gasteiger partial charge in [0, 0.05) is 76.0 Å². The van der Waals surface area contributed by atoms with Gasteiger partial charge in [-0.05, 0) is 61.4 Å². The van der Waals surface area contributed by atoms with E-state index < -0.39 is 0 Å². The molecule has 4 nitrogen and oxygen atoms in total. The van der Waals surface area contributed by atoms with Gasteiger partial charge in [0.1, 0.15) is 0 Å². The topological polar surface area (TPSA) is 18.7 Å². The second kappa shape index (κ2) is 10.6. The molecule has 6 heterocycles. The zero-order valence-corrected chi connectivity index (χ0v) is 33.0. The minimum Gasteiger partial charge on any atom is -0.307 e. The highest BCUT2D eigenvalue weighted by Crippen LogP contribution is 2.51. The van der Waals surface area contributed by atoms with E-state index in [2.05, 4.69) is 202 Å². The number of nitrogens with zero attached hydrogens (tertiary/aromatic N) is 4. The van der Waals surface area contributed by atoms with Gasteiger partial charge in [-0.2, -0.15) is 0 Å². The van der Waals surface area contributed by atoms with Gasteiger partial charge in [0.05, 0.1) is 55.2 Å². The normalized spacial score (nSPS) is 12.8. The van der Waals surface area contributed by atoms with Crippen molar-refractivity contribution in [2.24, 2.45) is 0 Å². The minimum atomic E-state index is 1.17. The summed E-state index contributed by atoms with van der Waals surface area (Å²) < 4.78 is 10.3. The van der Waals surface area contributed by atoms with E-state index in [4.69, 9.17) is 0 Å². The fourth-order valence-corrected chi connectivity index (χ4v) is 11.9. The molecule has 6 aromatic heterocycles. The Labute approximate surface area is 342 Å². The van der Waals surface area contributed by atoms with Gasteiger partial charge in [-0.3, -0.25) is 0 Å². The molecule has 60 heavy (non-hydrogen) atoms. The van der Waals surface area contributed by atoms with Gasteiger partial charge < -0.3 is 17.9 Å². The van der Waals surface area contributed by atoms with Crippen molar-refractivity contribution in [3.63, 3.8) is 0 Å². The van der Waals surface area contributed by atoms with E-state index in [0.717, 1.165) is 0 Å². The number of fused-ring (bicyclic) bond motifs is 20. The lowest BCUT2D eigenvalue weighted by molar-refractivity contribution is 1.18. The van der Waals surface area contributed by atoms with Crippen LogP contribution >= 0.6 is 0 Å². The van der Waals surface area contributed by atoms with Crippen molar-refractivity contribution < 1.29 is 0 Å². The van der Waals surface area contributed by atoms with Gasteiger partial charge in [0.15, 0.2) is 0 Å². The highest BCUT2D eigenvalue weighted by molar-refractivity contribution is 6.35. The standard InChI is InChI=1S/C56H34N4/c1-31-47-43-23-13-21-37-42-30-28-40-36-20-10-12-26-46(36)58(34-17-7-4-8-18-34)54(40)56(42)60(51(37)43)50(47)32(2)48-44-24-14-22-38-41-29-27-39-35-19-9-11-25-45(35)57(33-15-5-3-6-16-33)53(39)55(41)59(49(31)48)52(38)44/h3-30H,1-2H3. The molecule has 0 aliphatic heterocycles. The van der Waals surface area contributed by atoms with E-state index in [1.165, 1.54) is 142 Å². The summed E-state index contributed by atoms with van der Waals surface area (Å²) in [4.78, 5) is 0. The number of hydrogen-bond donors (Lipinski definition) is 0. The fourth-order valence-electron chi connectivity index (χ4n) is 11.9. The Kier molecular flexibility index (Phi) is 5.52. The van der Waals surface area contributed by atoms with Crippen molar-refractivity contribution in [2.75, 3.05) is 0 Å². The number of benzene rings is 9. The number of rotatable bonds is 2. The third-order valence-corrected chi connectivity index (χ3v) is 14.1. The van der Waals surface area contributed by atoms with Gasteiger partial charge in [-0.1, -0.05) is 133 Å². The van der Waals surface area contributed by atoms with Crippen molar-refractivity contribution in [1.82, 2.24) is 17.9 Å². The van der Waals surface area contributed by atoms with Crippen LogP contribution in [0.4, 0.5) is 0 Å². The van der Waals surface area contributed by atoms with E-state index in [9.17, 15) is 0 Å². The average Bonchev–Trinajstić information content (AvgIpc) is 4.13. The molecule has 0 saturated carbocycles. The second-order valence-electron chi connectivity index (χ2n) is 16.9. The van der Waals surface area contributed by atoms with Crippen LogP contribution in [0.1, 0.15) is 11.1 Å². The summed E-state index contributed by atoms with van der Waals surface area (Å²) >= 11 is 0. The molecule has 0 aliphatic rings. The summed E-state index contributed by atoms with van der Waals surface area (Å²) in [5.74, 6) is 0. The second-order valence-corrected chi connectivity index (χ2v) is 16.9. The van der Waals surface area contributed by atoms with Gasteiger partial charge >= 0.3 is 0 Å². The average molecular weight is 763 g/mol. The van der Waals surface area contributed by atoms with Crippen LogP contribution in [-0.2, 0) is 0 Å². The summed E-state index contributed by atoms with van der Waals surface area (Å²) in [5.41, 5.74) is 17.7. The van der Waals surface area contributed by atoms with Crippen LogP contribution in [0.2, 0.25) is 0 Å². The van der Waals surface area contributed by atoms with E-state index in [-0.39, 0.29) is 0 Å². The molecule has 0 aliphatic carbocycles. The first-order valence-electron chi connectivity index (χ1n) is 21.0. The highest BCUT2D eigenvalue weighted by Gasteiger charge is 2.29. The third-order valence-electron chi connectivity index (χ3n) is 14.1. The fraction of sp³-hybridized carbons (Fsp3) is 0.0357. The smallest absolute Gasteiger partial charge is 0.0789 e. The number of aryl methyl sites for hydroxylation is 2. The molecule has 0 unspecified atom stereocenters. The van der Waals surface area contributed by atoms with Crippen LogP contribution < -0.4 is 0 Å². The Hall–Kier alpha value is -7.82. The van der Waals surface area contributed by atoms with Crippen LogP contribution in [0.5, 0.6) is 0 Å². The first kappa shape index (κ1) is 31.2. The summed E-state index contributed by atoms with van der Waals surface area (Å²) in [6.45, 7) is 4.77. The lowest BCUT2D eigenvalue weighted by Gasteiger charge is -2.12. The first-order chi connectivity index (χ1) is 29.7. The van der Waals surface area contributed by atoms with E-state index >= 15 is 0 Å². The van der Waals surface area contributed by atoms with Crippen molar-refractivity contribution in [1.29, 1.82) is 0 Å². The largest absolute Gasteiger partial charge is 0.307 e. The maximum Gasteiger partial charge on any atom is 0.0789 e. The van der Waals surface area contributed by atoms with Gasteiger partial charge in [0.25, 0.3) is 0 Å². The number of para-hydroxylation sites is 6. The highest BCUT2D eigenvalue weighted by atomic mass is 15.0. The summed E-state index contributed by atoms with van der Waals surface area (Å²) in [5, 5.41) is 15.6. The molecule has 0 spiro atoms. The van der Waals surface area contributed by atoms with E-state index in [0.29, 0.717) is 0 Å². The van der Waals surface area contributed by atoms with Crippen LogP contribution in [0, 0.1) is 13.8 Å². The van der Waals surface area contributed by atoms with Crippen LogP contribution in [0.3, 0.4) is 0 Å². The third kappa shape index (κ3) is 3.43. The molecule has 15 aromatic rings. The molecule has 15 rings (SSSR count). The zero-order valence-electron chi connectivity index (χ0n) is 33.0. The minimum absolute atomic E-state index is 1.17. The van der Waals surface area contributed by atoms with Crippen molar-refractivity contribution >= 4 is 120 Å². The predicted molar refractivity (Wildman–Crippen MR) is 254 cm³/mol. The summed E-state index contributed by atoms with van der Waals surface area (Å²) in [7, 11) is 0. The Bertz CT molecular complexity index is 4060. The summed E-state index contributed by atoms with van der Waals surface area (Å²) in [6.07, 6.45) is 0. The molecule has 278 valence electrons. The molecule has 0 saturated heterocycles. The zero-order chi connectivity index (χ0) is 39.1. The van der Waals surface area contributed by atoms with Crippen molar-refractivity contribution in [2.45, 2.75) is 13.8 Å². The van der Waals surface area contributed by atoms with Crippen LogP contribution in [0.15, 0.2) is 170 Å². The van der Waals surface area contributed by atoms with Crippen molar-refractivity contribution in [3.05, 3.63) is 181 Å². The molecule has 0 amide bonds. The van der Waals surface area contributed by atoms with Gasteiger partial charge in [-0.15, -0.1) is 0 Å². The lowest BCUT2D eigenvalue weighted by Crippen LogP contribution is -1.96. The summed E-state index contributed by atoms with van der Waals surface area (Å²) in [6, 6.07) is 63.0. The number of aromatic nitrogens is 4. The number of hydrogen-bond acceptors (Lipinski definition) is 0. The maximum atomic E-state index is 2.65. The first-order valence-corrected chi connectivity index (χ1v) is 21.0. The lowest BCUT2D eigenvalue weighted by atomic mass is 9.96. The monoisotopic (exact) mass is 762 g/mol. The molecule has 0 fully saturated rings. The molecule has 4 heteroatoms. The quantitative estimate of drug-likeness (QED) is 0.167. The van der Waals surface area contributed by atoms with Crippen LogP contribution in [0.25, 0.3) is 131 Å². The Morgan fingerprint density at radius 1 is 0.250 bits per heavy atom. The van der Waals surface area contributed by atoms with Gasteiger partial charge in [0.2, 0.25) is 0 Å².